The van der Waals surface area contributed by atoms with Crippen LogP contribution >= 0.6 is 0 Å². The molecule has 2 aliphatic rings. The Morgan fingerprint density at radius 2 is 2.04 bits per heavy atom. The molecule has 4 rings (SSSR count). The van der Waals surface area contributed by atoms with Crippen LogP contribution in [0.3, 0.4) is 0 Å². The highest BCUT2D eigenvalue weighted by atomic mass is 16.1. The molecule has 1 aliphatic heterocycles. The van der Waals surface area contributed by atoms with Crippen LogP contribution < -0.4 is 5.32 Å². The fraction of sp³-hybridized carbons (Fsp3) is 0.667. The summed E-state index contributed by atoms with van der Waals surface area (Å²) in [7, 11) is 2.06. The quantitative estimate of drug-likeness (QED) is 0.842. The van der Waals surface area contributed by atoms with Gasteiger partial charge in [0.1, 0.15) is 11.6 Å². The van der Waals surface area contributed by atoms with E-state index >= 15 is 0 Å². The second-order valence-electron chi connectivity index (χ2n) is 7.66. The van der Waals surface area contributed by atoms with Gasteiger partial charge in [-0.05, 0) is 44.8 Å². The van der Waals surface area contributed by atoms with Crippen molar-refractivity contribution in [3.8, 4) is 0 Å². The third-order valence-electron chi connectivity index (χ3n) is 5.82. The van der Waals surface area contributed by atoms with E-state index in [1.54, 1.807) is 6.92 Å². The first-order valence-corrected chi connectivity index (χ1v) is 9.47. The van der Waals surface area contributed by atoms with Crippen molar-refractivity contribution in [3.63, 3.8) is 0 Å². The maximum atomic E-state index is 11.1. The molecule has 26 heavy (non-hydrogen) atoms. The number of piperidine rings is 1. The summed E-state index contributed by atoms with van der Waals surface area (Å²) in [5, 5.41) is 19.0. The Kier molecular flexibility index (Phi) is 4.76. The highest BCUT2D eigenvalue weighted by Crippen LogP contribution is 2.36. The lowest BCUT2D eigenvalue weighted by Gasteiger charge is -2.35. The Morgan fingerprint density at radius 1 is 1.27 bits per heavy atom. The SMILES string of the molecule is CC(=O)NC1CC(c2nnc(CN3CCC(c4ccn[nH]4)CC3)n2C)C1. The molecule has 0 aromatic carbocycles. The average Bonchev–Trinajstić information content (AvgIpc) is 3.23. The van der Waals surface area contributed by atoms with Crippen molar-refractivity contribution in [2.45, 2.75) is 57.0 Å². The fourth-order valence-electron chi connectivity index (χ4n) is 4.20. The average molecular weight is 357 g/mol. The van der Waals surface area contributed by atoms with Crippen molar-refractivity contribution >= 4 is 5.91 Å². The van der Waals surface area contributed by atoms with Crippen molar-refractivity contribution < 1.29 is 4.79 Å². The fourth-order valence-corrected chi connectivity index (χ4v) is 4.20. The molecule has 0 radical (unpaired) electrons. The van der Waals surface area contributed by atoms with Crippen LogP contribution in [0.5, 0.6) is 0 Å². The molecule has 0 spiro atoms. The lowest BCUT2D eigenvalue weighted by Crippen LogP contribution is -2.43. The molecule has 2 aromatic heterocycles. The van der Waals surface area contributed by atoms with E-state index in [4.69, 9.17) is 0 Å². The molecule has 0 atom stereocenters. The van der Waals surface area contributed by atoms with Crippen LogP contribution in [0.15, 0.2) is 12.3 Å². The van der Waals surface area contributed by atoms with Crippen LogP contribution in [0, 0.1) is 0 Å². The first-order valence-electron chi connectivity index (χ1n) is 9.47. The predicted molar refractivity (Wildman–Crippen MR) is 96.4 cm³/mol. The van der Waals surface area contributed by atoms with E-state index in [1.165, 1.54) is 5.69 Å². The number of H-pyrrole nitrogens is 1. The molecule has 2 fully saturated rings. The van der Waals surface area contributed by atoms with Crippen LogP contribution in [0.1, 0.15) is 61.8 Å². The third-order valence-corrected chi connectivity index (χ3v) is 5.82. The van der Waals surface area contributed by atoms with Crippen LogP contribution in [0.25, 0.3) is 0 Å². The Hall–Kier alpha value is -2.22. The Morgan fingerprint density at radius 3 is 2.69 bits per heavy atom. The standard InChI is InChI=1S/C18H27N7O/c1-12(26)20-15-9-14(10-15)18-23-22-17(24(18)2)11-25-7-4-13(5-8-25)16-3-6-19-21-16/h3,6,13-15H,4-5,7-11H2,1-2H3,(H,19,21)(H,20,26). The van der Waals surface area contributed by atoms with Gasteiger partial charge in [-0.3, -0.25) is 14.8 Å². The van der Waals surface area contributed by atoms with Gasteiger partial charge in [0.25, 0.3) is 0 Å². The highest BCUT2D eigenvalue weighted by molar-refractivity contribution is 5.73. The molecule has 0 unspecified atom stereocenters. The molecule has 1 amide bonds. The van der Waals surface area contributed by atoms with Crippen molar-refractivity contribution in [1.29, 1.82) is 0 Å². The van der Waals surface area contributed by atoms with Crippen molar-refractivity contribution in [1.82, 2.24) is 35.2 Å². The van der Waals surface area contributed by atoms with Crippen LogP contribution in [0.4, 0.5) is 0 Å². The van der Waals surface area contributed by atoms with E-state index < -0.39 is 0 Å². The smallest absolute Gasteiger partial charge is 0.217 e. The number of carbonyl (C=O) groups is 1. The monoisotopic (exact) mass is 357 g/mol. The summed E-state index contributed by atoms with van der Waals surface area (Å²) >= 11 is 0. The maximum Gasteiger partial charge on any atom is 0.217 e. The molecule has 1 aliphatic carbocycles. The van der Waals surface area contributed by atoms with Gasteiger partial charge in [-0.25, -0.2) is 0 Å². The van der Waals surface area contributed by atoms with E-state index in [2.05, 4.69) is 48.3 Å². The first kappa shape index (κ1) is 17.2. The van der Waals surface area contributed by atoms with Crippen LogP contribution in [0.2, 0.25) is 0 Å². The van der Waals surface area contributed by atoms with Gasteiger partial charge < -0.3 is 9.88 Å². The summed E-state index contributed by atoms with van der Waals surface area (Å²) < 4.78 is 2.15. The van der Waals surface area contributed by atoms with Gasteiger partial charge in [-0.15, -0.1) is 10.2 Å². The minimum atomic E-state index is 0.0469. The molecule has 1 saturated carbocycles. The molecule has 8 nitrogen and oxygen atoms in total. The lowest BCUT2D eigenvalue weighted by atomic mass is 9.79. The summed E-state index contributed by atoms with van der Waals surface area (Å²) in [5.74, 6) is 3.12. The van der Waals surface area contributed by atoms with Gasteiger partial charge in [0.2, 0.25) is 5.91 Å². The first-order chi connectivity index (χ1) is 12.6. The molecule has 1 saturated heterocycles. The summed E-state index contributed by atoms with van der Waals surface area (Å²) in [5.41, 5.74) is 1.25. The van der Waals surface area contributed by atoms with Gasteiger partial charge >= 0.3 is 0 Å². The van der Waals surface area contributed by atoms with E-state index in [0.717, 1.165) is 57.0 Å². The van der Waals surface area contributed by atoms with Crippen molar-refractivity contribution in [3.05, 3.63) is 29.6 Å². The number of likely N-dealkylation sites (tertiary alicyclic amines) is 1. The molecule has 8 heteroatoms. The number of amides is 1. The van der Waals surface area contributed by atoms with Gasteiger partial charge in [0.05, 0.1) is 6.54 Å². The number of nitrogens with one attached hydrogen (secondary N) is 2. The van der Waals surface area contributed by atoms with Gasteiger partial charge in [0, 0.05) is 43.7 Å². The number of aromatic amines is 1. The molecule has 3 heterocycles. The number of rotatable bonds is 5. The van der Waals surface area contributed by atoms with Crippen molar-refractivity contribution in [2.75, 3.05) is 13.1 Å². The van der Waals surface area contributed by atoms with Gasteiger partial charge in [-0.1, -0.05) is 0 Å². The van der Waals surface area contributed by atoms with Crippen LogP contribution in [-0.2, 0) is 18.4 Å². The minimum Gasteiger partial charge on any atom is -0.354 e. The zero-order valence-electron chi connectivity index (χ0n) is 15.5. The number of hydrogen-bond acceptors (Lipinski definition) is 5. The number of hydrogen-bond donors (Lipinski definition) is 2. The van der Waals surface area contributed by atoms with E-state index in [0.29, 0.717) is 17.9 Å². The predicted octanol–water partition coefficient (Wildman–Crippen LogP) is 1.30. The van der Waals surface area contributed by atoms with E-state index in [-0.39, 0.29) is 5.91 Å². The van der Waals surface area contributed by atoms with Gasteiger partial charge in [0.15, 0.2) is 0 Å². The normalized spacial score (nSPS) is 24.4. The lowest BCUT2D eigenvalue weighted by molar-refractivity contribution is -0.120. The van der Waals surface area contributed by atoms with Crippen LogP contribution in [-0.4, -0.2) is 54.9 Å². The second kappa shape index (κ2) is 7.19. The Bertz CT molecular complexity index is 740. The van der Waals surface area contributed by atoms with Crippen molar-refractivity contribution in [2.24, 2.45) is 7.05 Å². The molecule has 2 N–H and O–H groups in total. The molecular weight excluding hydrogens is 330 g/mol. The molecule has 2 aromatic rings. The topological polar surface area (TPSA) is 91.7 Å². The summed E-state index contributed by atoms with van der Waals surface area (Å²) in [4.78, 5) is 13.6. The highest BCUT2D eigenvalue weighted by Gasteiger charge is 2.34. The van der Waals surface area contributed by atoms with E-state index in [1.807, 2.05) is 6.20 Å². The minimum absolute atomic E-state index is 0.0469. The third kappa shape index (κ3) is 3.51. The zero-order chi connectivity index (χ0) is 18.1. The largest absolute Gasteiger partial charge is 0.354 e. The summed E-state index contributed by atoms with van der Waals surface area (Å²) in [6.45, 7) is 4.56. The molecule has 140 valence electrons. The maximum absolute atomic E-state index is 11.1. The summed E-state index contributed by atoms with van der Waals surface area (Å²) in [6, 6.07) is 2.38. The Balaban J connectivity index is 1.30. The van der Waals surface area contributed by atoms with Gasteiger partial charge in [-0.2, -0.15) is 5.10 Å². The zero-order valence-corrected chi connectivity index (χ0v) is 15.5. The molecular formula is C18H27N7O. The number of carbonyl (C=O) groups excluding carboxylic acids is 1. The Labute approximate surface area is 153 Å². The van der Waals surface area contributed by atoms with E-state index in [9.17, 15) is 4.79 Å². The number of nitrogens with zero attached hydrogens (tertiary/aromatic N) is 5. The second-order valence-corrected chi connectivity index (χ2v) is 7.66. The molecule has 0 bridgehead atoms. The number of aromatic nitrogens is 5. The summed E-state index contributed by atoms with van der Waals surface area (Å²) in [6.07, 6.45) is 6.05.